The van der Waals surface area contributed by atoms with E-state index in [0.29, 0.717) is 6.04 Å². The Hall–Kier alpha value is -0.480. The molecule has 3 nitrogen and oxygen atoms in total. The third kappa shape index (κ3) is 3.25. The van der Waals surface area contributed by atoms with Gasteiger partial charge in [0.15, 0.2) is 0 Å². The molecular weight excluding hydrogens is 218 g/mol. The summed E-state index contributed by atoms with van der Waals surface area (Å²) in [5.41, 5.74) is 3.76. The van der Waals surface area contributed by atoms with Gasteiger partial charge in [-0.15, -0.1) is 0 Å². The Balaban J connectivity index is 2.59. The third-order valence-corrected chi connectivity index (χ3v) is 3.82. The van der Waals surface area contributed by atoms with Gasteiger partial charge in [-0.3, -0.25) is 4.68 Å². The zero-order valence-corrected chi connectivity index (χ0v) is 11.8. The number of thioether (sulfide) groups is 1. The Morgan fingerprint density at radius 1 is 1.44 bits per heavy atom. The minimum absolute atomic E-state index is 0.606. The summed E-state index contributed by atoms with van der Waals surface area (Å²) in [6, 6.07) is 0.606. The second-order valence-electron chi connectivity index (χ2n) is 4.21. The maximum atomic E-state index is 4.43. The SMILES string of the molecule is CCC(CSC)NCc1c(C)nn(C)c1C. The van der Waals surface area contributed by atoms with Crippen molar-refractivity contribution in [2.24, 2.45) is 7.05 Å². The molecule has 0 aromatic carbocycles. The lowest BCUT2D eigenvalue weighted by Gasteiger charge is -2.15. The second kappa shape index (κ2) is 6.30. The molecule has 0 aliphatic carbocycles. The van der Waals surface area contributed by atoms with Crippen LogP contribution in [0.4, 0.5) is 0 Å². The van der Waals surface area contributed by atoms with Crippen LogP contribution >= 0.6 is 11.8 Å². The molecule has 0 fully saturated rings. The number of nitrogens with one attached hydrogen (secondary N) is 1. The number of hydrogen-bond donors (Lipinski definition) is 1. The van der Waals surface area contributed by atoms with Crippen molar-refractivity contribution in [3.05, 3.63) is 17.0 Å². The van der Waals surface area contributed by atoms with E-state index in [2.05, 4.69) is 37.4 Å². The van der Waals surface area contributed by atoms with Crippen molar-refractivity contribution in [1.82, 2.24) is 15.1 Å². The maximum Gasteiger partial charge on any atom is 0.0641 e. The van der Waals surface area contributed by atoms with Crippen LogP contribution in [0.3, 0.4) is 0 Å². The van der Waals surface area contributed by atoms with Gasteiger partial charge in [0.25, 0.3) is 0 Å². The molecule has 1 N–H and O–H groups in total. The Kier molecular flexibility index (Phi) is 5.35. The molecule has 16 heavy (non-hydrogen) atoms. The van der Waals surface area contributed by atoms with E-state index in [1.54, 1.807) is 0 Å². The van der Waals surface area contributed by atoms with E-state index in [1.807, 2.05) is 23.5 Å². The molecule has 0 saturated carbocycles. The van der Waals surface area contributed by atoms with Gasteiger partial charge >= 0.3 is 0 Å². The van der Waals surface area contributed by atoms with Crippen molar-refractivity contribution in [1.29, 1.82) is 0 Å². The van der Waals surface area contributed by atoms with Crippen molar-refractivity contribution in [2.45, 2.75) is 39.8 Å². The van der Waals surface area contributed by atoms with Crippen LogP contribution in [0.5, 0.6) is 0 Å². The molecule has 1 unspecified atom stereocenters. The van der Waals surface area contributed by atoms with E-state index in [1.165, 1.54) is 23.4 Å². The number of aromatic nitrogens is 2. The fourth-order valence-corrected chi connectivity index (χ4v) is 2.60. The lowest BCUT2D eigenvalue weighted by molar-refractivity contribution is 0.539. The molecule has 0 radical (unpaired) electrons. The van der Waals surface area contributed by atoms with Crippen molar-refractivity contribution in [3.8, 4) is 0 Å². The average Bonchev–Trinajstić information content (AvgIpc) is 2.49. The van der Waals surface area contributed by atoms with Crippen LogP contribution in [0.1, 0.15) is 30.3 Å². The number of nitrogens with zero attached hydrogens (tertiary/aromatic N) is 2. The van der Waals surface area contributed by atoms with Crippen molar-refractivity contribution < 1.29 is 0 Å². The quantitative estimate of drug-likeness (QED) is 0.828. The lowest BCUT2D eigenvalue weighted by Crippen LogP contribution is -2.30. The Morgan fingerprint density at radius 3 is 2.56 bits per heavy atom. The normalized spacial score (nSPS) is 13.1. The first-order chi connectivity index (χ1) is 7.60. The summed E-state index contributed by atoms with van der Waals surface area (Å²) in [6.07, 6.45) is 3.34. The van der Waals surface area contributed by atoms with Crippen LogP contribution < -0.4 is 5.32 Å². The molecule has 1 aromatic rings. The summed E-state index contributed by atoms with van der Waals surface area (Å²) in [6.45, 7) is 7.38. The Labute approximate surface area is 103 Å². The van der Waals surface area contributed by atoms with Crippen LogP contribution in [-0.2, 0) is 13.6 Å². The van der Waals surface area contributed by atoms with Crippen LogP contribution in [-0.4, -0.2) is 27.8 Å². The molecule has 0 spiro atoms. The maximum absolute atomic E-state index is 4.43. The molecule has 1 atom stereocenters. The van der Waals surface area contributed by atoms with E-state index in [0.717, 1.165) is 12.2 Å². The van der Waals surface area contributed by atoms with Gasteiger partial charge < -0.3 is 5.32 Å². The number of hydrogen-bond acceptors (Lipinski definition) is 3. The van der Waals surface area contributed by atoms with E-state index in [4.69, 9.17) is 0 Å². The molecule has 0 amide bonds. The van der Waals surface area contributed by atoms with Gasteiger partial charge in [-0.2, -0.15) is 16.9 Å². The average molecular weight is 241 g/mol. The van der Waals surface area contributed by atoms with E-state index in [-0.39, 0.29) is 0 Å². The van der Waals surface area contributed by atoms with Crippen LogP contribution in [0.2, 0.25) is 0 Å². The van der Waals surface area contributed by atoms with Gasteiger partial charge in [-0.1, -0.05) is 6.92 Å². The van der Waals surface area contributed by atoms with Gasteiger partial charge in [-0.25, -0.2) is 0 Å². The Bertz CT molecular complexity index is 333. The van der Waals surface area contributed by atoms with E-state index < -0.39 is 0 Å². The van der Waals surface area contributed by atoms with Crippen molar-refractivity contribution in [3.63, 3.8) is 0 Å². The van der Waals surface area contributed by atoms with Crippen LogP contribution in [0, 0.1) is 13.8 Å². The Morgan fingerprint density at radius 2 is 2.12 bits per heavy atom. The van der Waals surface area contributed by atoms with Gasteiger partial charge in [0.2, 0.25) is 0 Å². The molecule has 0 bridgehead atoms. The first-order valence-electron chi connectivity index (χ1n) is 5.81. The predicted molar refractivity (Wildman–Crippen MR) is 72.0 cm³/mol. The molecule has 1 aromatic heterocycles. The monoisotopic (exact) mass is 241 g/mol. The topological polar surface area (TPSA) is 29.9 Å². The van der Waals surface area contributed by atoms with Crippen molar-refractivity contribution in [2.75, 3.05) is 12.0 Å². The molecule has 0 saturated heterocycles. The van der Waals surface area contributed by atoms with E-state index in [9.17, 15) is 0 Å². The molecule has 0 aliphatic heterocycles. The standard InChI is InChI=1S/C12H23N3S/c1-6-11(8-16-5)13-7-12-9(2)14-15(4)10(12)3/h11,13H,6-8H2,1-5H3. The highest BCUT2D eigenvalue weighted by Gasteiger charge is 2.11. The summed E-state index contributed by atoms with van der Waals surface area (Å²) in [4.78, 5) is 0. The fourth-order valence-electron chi connectivity index (χ4n) is 1.84. The van der Waals surface area contributed by atoms with Gasteiger partial charge in [0, 0.05) is 36.6 Å². The van der Waals surface area contributed by atoms with E-state index >= 15 is 0 Å². The molecule has 0 aliphatic rings. The molecular formula is C12H23N3S. The number of aryl methyl sites for hydroxylation is 2. The summed E-state index contributed by atoms with van der Waals surface area (Å²) >= 11 is 1.90. The summed E-state index contributed by atoms with van der Waals surface area (Å²) in [5, 5.41) is 8.04. The minimum Gasteiger partial charge on any atom is -0.309 e. The van der Waals surface area contributed by atoms with Crippen molar-refractivity contribution >= 4 is 11.8 Å². The smallest absolute Gasteiger partial charge is 0.0641 e. The first kappa shape index (κ1) is 13.6. The molecule has 4 heteroatoms. The summed E-state index contributed by atoms with van der Waals surface area (Å²) in [7, 11) is 2.00. The van der Waals surface area contributed by atoms with Gasteiger partial charge in [0.1, 0.15) is 0 Å². The summed E-state index contributed by atoms with van der Waals surface area (Å²) in [5.74, 6) is 1.18. The molecule has 92 valence electrons. The molecule has 1 rings (SSSR count). The fraction of sp³-hybridized carbons (Fsp3) is 0.750. The first-order valence-corrected chi connectivity index (χ1v) is 7.20. The highest BCUT2D eigenvalue weighted by Crippen LogP contribution is 2.12. The van der Waals surface area contributed by atoms with Gasteiger partial charge in [0.05, 0.1) is 5.69 Å². The second-order valence-corrected chi connectivity index (χ2v) is 5.13. The molecule has 1 heterocycles. The minimum atomic E-state index is 0.606. The number of rotatable bonds is 6. The van der Waals surface area contributed by atoms with Crippen LogP contribution in [0.25, 0.3) is 0 Å². The van der Waals surface area contributed by atoms with Gasteiger partial charge in [-0.05, 0) is 26.5 Å². The summed E-state index contributed by atoms with van der Waals surface area (Å²) < 4.78 is 1.96. The third-order valence-electron chi connectivity index (χ3n) is 3.09. The highest BCUT2D eigenvalue weighted by atomic mass is 32.2. The lowest BCUT2D eigenvalue weighted by atomic mass is 10.1. The largest absolute Gasteiger partial charge is 0.309 e. The highest BCUT2D eigenvalue weighted by molar-refractivity contribution is 7.98. The predicted octanol–water partition coefficient (Wildman–Crippen LogP) is 2.27. The van der Waals surface area contributed by atoms with Crippen LogP contribution in [0.15, 0.2) is 0 Å². The zero-order chi connectivity index (χ0) is 12.1. The zero-order valence-electron chi connectivity index (χ0n) is 11.0.